The van der Waals surface area contributed by atoms with E-state index in [2.05, 4.69) is 0 Å². The third-order valence-corrected chi connectivity index (χ3v) is 15.4. The summed E-state index contributed by atoms with van der Waals surface area (Å²) in [5.74, 6) is -7.97. The maximum absolute atomic E-state index is 14.6. The SMILES string of the molecule is COCCO[C@H]1C[C@@H]2CC[C@@H](C)[C@@](O)(O2)C(=O)C(=O)N2CCCC[C@H]2C(=O)O[C@H]([C@H](C)C[C@@H]2CC[C@@H](OCCOC)[C@H](OC)C2)CC(=O)[C@H](C)/C=C(\C)[C@@H](O)[C@@H](OC)C(=O)[C@H](C)C[C@H](C)/C=C/C=C/C=C/1C. The van der Waals surface area contributed by atoms with E-state index in [0.29, 0.717) is 70.3 Å². The fourth-order valence-electron chi connectivity index (χ4n) is 10.8. The van der Waals surface area contributed by atoms with Crippen LogP contribution < -0.4 is 0 Å². The largest absolute Gasteiger partial charge is 0.460 e. The molecule has 72 heavy (non-hydrogen) atoms. The van der Waals surface area contributed by atoms with Crippen LogP contribution in [-0.2, 0) is 61.9 Å². The molecule has 0 spiro atoms. The van der Waals surface area contributed by atoms with E-state index in [1.807, 2.05) is 58.1 Å². The lowest BCUT2D eigenvalue weighted by atomic mass is 9.78. The van der Waals surface area contributed by atoms with Crippen LogP contribution in [0.2, 0.25) is 0 Å². The summed E-state index contributed by atoms with van der Waals surface area (Å²) in [6.45, 7) is 14.4. The van der Waals surface area contributed by atoms with Gasteiger partial charge in [-0.05, 0) is 107 Å². The topological polar surface area (TPSA) is 203 Å². The van der Waals surface area contributed by atoms with Gasteiger partial charge in [0, 0.05) is 65.6 Å². The van der Waals surface area contributed by atoms with E-state index in [1.165, 1.54) is 12.0 Å². The zero-order chi connectivity index (χ0) is 53.1. The quantitative estimate of drug-likeness (QED) is 0.0837. The molecule has 0 radical (unpaired) electrons. The number of ketones is 3. The van der Waals surface area contributed by atoms with Crippen molar-refractivity contribution in [2.75, 3.05) is 61.4 Å². The third-order valence-electron chi connectivity index (χ3n) is 15.4. The minimum Gasteiger partial charge on any atom is -0.460 e. The Morgan fingerprint density at radius 2 is 1.50 bits per heavy atom. The Bertz CT molecular complexity index is 1880. The number of amides is 1. The van der Waals surface area contributed by atoms with Gasteiger partial charge in [0.2, 0.25) is 5.79 Å². The summed E-state index contributed by atoms with van der Waals surface area (Å²) in [6, 6.07) is -1.15. The van der Waals surface area contributed by atoms with Crippen LogP contribution in [0.4, 0.5) is 0 Å². The molecule has 3 fully saturated rings. The average molecular weight is 1020 g/mol. The number of allylic oxidation sites excluding steroid dienone is 6. The molecule has 4 aliphatic rings. The third kappa shape index (κ3) is 17.3. The standard InChI is InChI=1S/C56H89NO15/c1-35-17-13-12-14-18-36(2)47(70-28-26-66-9)33-43-22-20-41(7)56(64,72-43)53(61)54(62)57-24-16-15-19-44(57)55(63)71-48(38(4)31-42-21-23-46(49(32-42)67-10)69-27-25-65-8)34-45(58)37(3)30-40(6)51(60)52(68-11)50(59)39(5)29-35/h12-14,17-18,30,35,37-39,41-44,46-49,51-52,60,64H,15-16,19-29,31-34H2,1-11H3/b14-12+,17-13+,36-18+,40-30+/t35-,37-,38-,39-,41-,42+,43+,44+,46-,47+,48+,49-,51-,52+,56-/m1/s1. The van der Waals surface area contributed by atoms with Crippen molar-refractivity contribution in [1.82, 2.24) is 4.90 Å². The molecule has 0 aromatic carbocycles. The number of aliphatic hydroxyl groups is 2. The normalized spacial score (nSPS) is 37.7. The second-order valence-corrected chi connectivity index (χ2v) is 21.1. The first-order valence-electron chi connectivity index (χ1n) is 26.5. The highest BCUT2D eigenvalue weighted by Gasteiger charge is 2.53. The minimum atomic E-state index is -2.46. The molecule has 0 unspecified atom stereocenters. The van der Waals surface area contributed by atoms with Gasteiger partial charge in [0.25, 0.3) is 11.7 Å². The van der Waals surface area contributed by atoms with Crippen LogP contribution >= 0.6 is 0 Å². The predicted octanol–water partition coefficient (Wildman–Crippen LogP) is 6.87. The van der Waals surface area contributed by atoms with Crippen LogP contribution in [0.1, 0.15) is 126 Å². The van der Waals surface area contributed by atoms with Crippen molar-refractivity contribution >= 4 is 29.2 Å². The Kier molecular flexibility index (Phi) is 25.6. The maximum atomic E-state index is 14.6. The van der Waals surface area contributed by atoms with Gasteiger partial charge in [0.15, 0.2) is 5.78 Å². The monoisotopic (exact) mass is 1020 g/mol. The lowest BCUT2D eigenvalue weighted by Crippen LogP contribution is -2.61. The number of piperidine rings is 1. The van der Waals surface area contributed by atoms with Crippen LogP contribution in [0.15, 0.2) is 47.6 Å². The van der Waals surface area contributed by atoms with E-state index in [9.17, 15) is 34.2 Å². The van der Waals surface area contributed by atoms with E-state index < -0.39 is 77.8 Å². The molecule has 2 bridgehead atoms. The number of carbonyl (C=O) groups is 5. The summed E-state index contributed by atoms with van der Waals surface area (Å²) < 4.78 is 46.9. The fourth-order valence-corrected chi connectivity index (χ4v) is 10.8. The molecule has 3 heterocycles. The number of carbonyl (C=O) groups excluding carboxylic acids is 5. The van der Waals surface area contributed by atoms with Gasteiger partial charge in [0.05, 0.1) is 50.8 Å². The Morgan fingerprint density at radius 3 is 2.18 bits per heavy atom. The second-order valence-electron chi connectivity index (χ2n) is 21.1. The van der Waals surface area contributed by atoms with Gasteiger partial charge in [0.1, 0.15) is 30.1 Å². The van der Waals surface area contributed by atoms with Crippen molar-refractivity contribution in [3.8, 4) is 0 Å². The molecule has 1 amide bonds. The van der Waals surface area contributed by atoms with Gasteiger partial charge in [-0.1, -0.05) is 71.1 Å². The summed E-state index contributed by atoms with van der Waals surface area (Å²) in [5, 5.41) is 23.6. The lowest BCUT2D eigenvalue weighted by Gasteiger charge is -2.43. The van der Waals surface area contributed by atoms with Gasteiger partial charge >= 0.3 is 5.97 Å². The van der Waals surface area contributed by atoms with Crippen molar-refractivity contribution in [2.24, 2.45) is 35.5 Å². The minimum absolute atomic E-state index is 0.00434. The molecule has 0 aromatic heterocycles. The molecule has 2 N–H and O–H groups in total. The number of hydrogen-bond donors (Lipinski definition) is 2. The summed E-state index contributed by atoms with van der Waals surface area (Å²) in [7, 11) is 6.26. The van der Waals surface area contributed by atoms with E-state index in [4.69, 9.17) is 37.9 Å². The highest BCUT2D eigenvalue weighted by molar-refractivity contribution is 6.39. The smallest absolute Gasteiger partial charge is 0.329 e. The highest BCUT2D eigenvalue weighted by atomic mass is 16.6. The number of aliphatic hydroxyl groups excluding tert-OH is 1. The molecule has 2 saturated heterocycles. The first-order chi connectivity index (χ1) is 34.3. The average Bonchev–Trinajstić information content (AvgIpc) is 3.36. The van der Waals surface area contributed by atoms with Crippen molar-refractivity contribution in [2.45, 2.75) is 180 Å². The molecule has 3 aliphatic heterocycles. The number of rotatable bonds is 13. The van der Waals surface area contributed by atoms with Gasteiger partial charge in [-0.3, -0.25) is 19.2 Å². The second kappa shape index (κ2) is 30.2. The van der Waals surface area contributed by atoms with Gasteiger partial charge in [-0.25, -0.2) is 4.79 Å². The first kappa shape index (κ1) is 61.1. The van der Waals surface area contributed by atoms with Crippen LogP contribution in [0, 0.1) is 35.5 Å². The maximum Gasteiger partial charge on any atom is 0.329 e. The van der Waals surface area contributed by atoms with Gasteiger partial charge < -0.3 is 53.0 Å². The molecule has 408 valence electrons. The van der Waals surface area contributed by atoms with E-state index in [0.717, 1.165) is 18.4 Å². The molecular weight excluding hydrogens is 927 g/mol. The van der Waals surface area contributed by atoms with Crippen molar-refractivity contribution in [3.63, 3.8) is 0 Å². The van der Waals surface area contributed by atoms with Crippen molar-refractivity contribution < 1.29 is 72.1 Å². The number of ether oxygens (including phenoxy) is 8. The summed E-state index contributed by atoms with van der Waals surface area (Å²) in [5.41, 5.74) is 1.25. The molecule has 0 aromatic rings. The van der Waals surface area contributed by atoms with Crippen LogP contribution in [0.3, 0.4) is 0 Å². The molecule has 16 nitrogen and oxygen atoms in total. The van der Waals surface area contributed by atoms with E-state index in [-0.39, 0.29) is 73.9 Å². The first-order valence-corrected chi connectivity index (χ1v) is 26.5. The molecule has 16 heteroatoms. The zero-order valence-electron chi connectivity index (χ0n) is 45.2. The van der Waals surface area contributed by atoms with Gasteiger partial charge in [-0.15, -0.1) is 0 Å². The molecular formula is C56H89NO15. The van der Waals surface area contributed by atoms with Crippen molar-refractivity contribution in [1.29, 1.82) is 0 Å². The molecule has 1 aliphatic carbocycles. The summed E-state index contributed by atoms with van der Waals surface area (Å²) in [4.78, 5) is 72.7. The van der Waals surface area contributed by atoms with Crippen molar-refractivity contribution in [3.05, 3.63) is 47.6 Å². The summed E-state index contributed by atoms with van der Waals surface area (Å²) in [6.07, 6.45) is 12.2. The number of nitrogens with zero attached hydrogens (tertiary/aromatic N) is 1. The Morgan fingerprint density at radius 1 is 0.792 bits per heavy atom. The number of hydrogen-bond acceptors (Lipinski definition) is 15. The summed E-state index contributed by atoms with van der Waals surface area (Å²) >= 11 is 0. The number of esters is 1. The number of Topliss-reactive ketones (excluding diaryl/α,β-unsaturated/α-hetero) is 3. The Hall–Kier alpha value is -3.45. The Labute approximate surface area is 429 Å². The predicted molar refractivity (Wildman–Crippen MR) is 272 cm³/mol. The van der Waals surface area contributed by atoms with E-state index in [1.54, 1.807) is 48.2 Å². The van der Waals surface area contributed by atoms with Crippen LogP contribution in [0.25, 0.3) is 0 Å². The fraction of sp³-hybridized carbons (Fsp3) is 0.768. The van der Waals surface area contributed by atoms with Gasteiger partial charge in [-0.2, -0.15) is 0 Å². The Balaban J connectivity index is 1.71. The number of fused-ring (bicyclic) bond motifs is 3. The molecule has 15 atom stereocenters. The van der Waals surface area contributed by atoms with Crippen LogP contribution in [-0.4, -0.2) is 160 Å². The highest BCUT2D eigenvalue weighted by Crippen LogP contribution is 2.38. The lowest BCUT2D eigenvalue weighted by molar-refractivity contribution is -0.266. The zero-order valence-corrected chi connectivity index (χ0v) is 45.2. The molecule has 1 saturated carbocycles. The number of cyclic esters (lactones) is 1. The van der Waals surface area contributed by atoms with E-state index >= 15 is 0 Å². The van der Waals surface area contributed by atoms with Crippen LogP contribution in [0.5, 0.6) is 0 Å². The molecule has 4 rings (SSSR count). The number of methoxy groups -OCH3 is 4.